The molecule has 2 atom stereocenters. The number of nitrogens with zero attached hydrogens (tertiary/aromatic N) is 2. The van der Waals surface area contributed by atoms with Gasteiger partial charge in [-0.1, -0.05) is 13.0 Å². The third-order valence-electron chi connectivity index (χ3n) is 6.63. The van der Waals surface area contributed by atoms with Gasteiger partial charge in [0.1, 0.15) is 12.3 Å². The number of amides is 2. The van der Waals surface area contributed by atoms with E-state index in [1.807, 2.05) is 0 Å². The van der Waals surface area contributed by atoms with Crippen LogP contribution < -0.4 is 14.8 Å². The lowest BCUT2D eigenvalue weighted by Crippen LogP contribution is -2.37. The third-order valence-corrected chi connectivity index (χ3v) is 6.63. The fourth-order valence-corrected chi connectivity index (χ4v) is 4.36. The summed E-state index contributed by atoms with van der Waals surface area (Å²) in [5.41, 5.74) is 1.37. The summed E-state index contributed by atoms with van der Waals surface area (Å²) in [5, 5.41) is 2.65. The number of aromatic nitrogens is 1. The van der Waals surface area contributed by atoms with E-state index in [0.717, 1.165) is 18.4 Å². The van der Waals surface area contributed by atoms with Crippen LogP contribution in [-0.2, 0) is 14.3 Å². The van der Waals surface area contributed by atoms with Crippen LogP contribution in [0.4, 0.5) is 14.5 Å². The molecule has 11 heteroatoms. The summed E-state index contributed by atoms with van der Waals surface area (Å²) in [6, 6.07) is 7.52. The van der Waals surface area contributed by atoms with Gasteiger partial charge in [0.05, 0.1) is 24.5 Å². The number of halogens is 2. The number of pyridine rings is 1. The van der Waals surface area contributed by atoms with Crippen LogP contribution in [0.25, 0.3) is 0 Å². The molecule has 0 spiro atoms. The summed E-state index contributed by atoms with van der Waals surface area (Å²) < 4.78 is 41.6. The van der Waals surface area contributed by atoms with Crippen molar-refractivity contribution in [1.29, 1.82) is 0 Å². The predicted octanol–water partition coefficient (Wildman–Crippen LogP) is 4.38. The zero-order valence-electron chi connectivity index (χ0n) is 21.3. The highest BCUT2D eigenvalue weighted by Crippen LogP contribution is 2.39. The minimum atomic E-state index is -2.97. The average Bonchev–Trinajstić information content (AvgIpc) is 3.63. The maximum atomic E-state index is 12.9. The Hall–Kier alpha value is -3.76. The number of nitrogens with one attached hydrogen (secondary N) is 1. The number of esters is 1. The van der Waals surface area contributed by atoms with E-state index in [1.165, 1.54) is 25.3 Å². The maximum Gasteiger partial charge on any atom is 0.387 e. The first kappa shape index (κ1) is 27.3. The van der Waals surface area contributed by atoms with Gasteiger partial charge in [-0.25, -0.2) is 9.78 Å². The Morgan fingerprint density at radius 3 is 2.55 bits per heavy atom. The van der Waals surface area contributed by atoms with Gasteiger partial charge in [0.2, 0.25) is 11.8 Å². The smallest absolute Gasteiger partial charge is 0.387 e. The Bertz CT molecular complexity index is 1160. The standard InChI is InChI=1S/C27H31F2N3O6/c1-3-25(34)31-20-7-8-22(30-12-20)26(35)37-15-21-10-19(13-32(21)16(2)33)18-6-9-23(38-27(28)29)24(11-18)36-14-17-4-5-17/h6-9,11-12,17,19,21,27H,3-5,10,13-15H2,1-2H3,(H,31,34)/t19-,21-/m1/s1. The molecule has 1 N–H and O–H groups in total. The molecule has 2 aromatic rings. The first-order valence-electron chi connectivity index (χ1n) is 12.6. The fraction of sp³-hybridized carbons (Fsp3) is 0.481. The molecule has 0 bridgehead atoms. The summed E-state index contributed by atoms with van der Waals surface area (Å²) in [6.07, 6.45) is 4.31. The van der Waals surface area contributed by atoms with E-state index in [-0.39, 0.29) is 47.6 Å². The Labute approximate surface area is 219 Å². The normalized spacial score (nSPS) is 18.8. The first-order chi connectivity index (χ1) is 18.2. The van der Waals surface area contributed by atoms with Crippen molar-refractivity contribution in [3.63, 3.8) is 0 Å². The Balaban J connectivity index is 1.40. The number of likely N-dealkylation sites (tertiary alicyclic amines) is 1. The van der Waals surface area contributed by atoms with Crippen molar-refractivity contribution in [2.24, 2.45) is 5.92 Å². The molecule has 2 amide bonds. The van der Waals surface area contributed by atoms with Crippen LogP contribution in [0.2, 0.25) is 0 Å². The number of ether oxygens (including phenoxy) is 3. The Kier molecular flexibility index (Phi) is 8.75. The molecule has 1 aromatic carbocycles. The highest BCUT2D eigenvalue weighted by Gasteiger charge is 2.36. The number of hydrogen-bond acceptors (Lipinski definition) is 7. The van der Waals surface area contributed by atoms with Crippen LogP contribution >= 0.6 is 0 Å². The van der Waals surface area contributed by atoms with E-state index in [9.17, 15) is 23.2 Å². The molecular formula is C27H31F2N3O6. The molecule has 4 rings (SSSR count). The monoisotopic (exact) mass is 531 g/mol. The lowest BCUT2D eigenvalue weighted by Gasteiger charge is -2.22. The van der Waals surface area contributed by atoms with E-state index in [4.69, 9.17) is 9.47 Å². The second-order valence-corrected chi connectivity index (χ2v) is 9.53. The van der Waals surface area contributed by atoms with Crippen LogP contribution in [0, 0.1) is 5.92 Å². The van der Waals surface area contributed by atoms with Gasteiger partial charge in [-0.15, -0.1) is 0 Å². The van der Waals surface area contributed by atoms with Gasteiger partial charge in [-0.05, 0) is 55.0 Å². The topological polar surface area (TPSA) is 107 Å². The van der Waals surface area contributed by atoms with Gasteiger partial charge in [-0.3, -0.25) is 9.59 Å². The summed E-state index contributed by atoms with van der Waals surface area (Å²) in [5.74, 6) is -0.420. The van der Waals surface area contributed by atoms with Crippen molar-refractivity contribution in [3.05, 3.63) is 47.8 Å². The highest BCUT2D eigenvalue weighted by atomic mass is 19.3. The molecule has 1 aliphatic carbocycles. The van der Waals surface area contributed by atoms with E-state index in [0.29, 0.717) is 37.6 Å². The van der Waals surface area contributed by atoms with E-state index in [1.54, 1.807) is 30.0 Å². The number of benzene rings is 1. The molecular weight excluding hydrogens is 500 g/mol. The lowest BCUT2D eigenvalue weighted by molar-refractivity contribution is -0.130. The van der Waals surface area contributed by atoms with Crippen molar-refractivity contribution < 1.29 is 37.4 Å². The number of rotatable bonds is 11. The molecule has 38 heavy (non-hydrogen) atoms. The second kappa shape index (κ2) is 12.2. The summed E-state index contributed by atoms with van der Waals surface area (Å²) >= 11 is 0. The van der Waals surface area contributed by atoms with E-state index in [2.05, 4.69) is 15.0 Å². The number of carbonyl (C=O) groups excluding carboxylic acids is 3. The number of alkyl halides is 2. The van der Waals surface area contributed by atoms with Gasteiger partial charge < -0.3 is 24.4 Å². The van der Waals surface area contributed by atoms with Crippen LogP contribution in [-0.4, -0.2) is 60.1 Å². The predicted molar refractivity (Wildman–Crippen MR) is 133 cm³/mol. The van der Waals surface area contributed by atoms with Crippen molar-refractivity contribution in [1.82, 2.24) is 9.88 Å². The van der Waals surface area contributed by atoms with Gasteiger partial charge in [0.25, 0.3) is 0 Å². The first-order valence-corrected chi connectivity index (χ1v) is 12.6. The molecule has 2 fully saturated rings. The quantitative estimate of drug-likeness (QED) is 0.429. The van der Waals surface area contributed by atoms with Crippen LogP contribution in [0.5, 0.6) is 11.5 Å². The fourth-order valence-electron chi connectivity index (χ4n) is 4.36. The molecule has 2 aliphatic rings. The molecule has 1 aliphatic heterocycles. The lowest BCUT2D eigenvalue weighted by atomic mass is 9.96. The molecule has 1 saturated heterocycles. The summed E-state index contributed by atoms with van der Waals surface area (Å²) in [4.78, 5) is 42.1. The molecule has 0 unspecified atom stereocenters. The largest absolute Gasteiger partial charge is 0.489 e. The molecule has 1 saturated carbocycles. The van der Waals surface area contributed by atoms with Crippen molar-refractivity contribution in [2.75, 3.05) is 25.1 Å². The van der Waals surface area contributed by atoms with E-state index < -0.39 is 12.6 Å². The molecule has 0 radical (unpaired) electrons. The maximum absolute atomic E-state index is 12.9. The van der Waals surface area contributed by atoms with Crippen molar-refractivity contribution in [2.45, 2.75) is 58.1 Å². The van der Waals surface area contributed by atoms with Crippen molar-refractivity contribution in [3.8, 4) is 11.5 Å². The van der Waals surface area contributed by atoms with Gasteiger partial charge in [-0.2, -0.15) is 8.78 Å². The zero-order valence-corrected chi connectivity index (χ0v) is 21.3. The number of carbonyl (C=O) groups is 3. The minimum absolute atomic E-state index is 0.0240. The summed E-state index contributed by atoms with van der Waals surface area (Å²) in [6.45, 7) is 1.01. The van der Waals surface area contributed by atoms with Gasteiger partial charge >= 0.3 is 12.6 Å². The van der Waals surface area contributed by atoms with Crippen LogP contribution in [0.1, 0.15) is 61.5 Å². The Morgan fingerprint density at radius 1 is 1.13 bits per heavy atom. The second-order valence-electron chi connectivity index (χ2n) is 9.53. The zero-order chi connectivity index (χ0) is 27.2. The van der Waals surface area contributed by atoms with E-state index >= 15 is 0 Å². The molecule has 9 nitrogen and oxygen atoms in total. The van der Waals surface area contributed by atoms with Crippen LogP contribution in [0.15, 0.2) is 36.5 Å². The molecule has 2 heterocycles. The molecule has 204 valence electrons. The van der Waals surface area contributed by atoms with Gasteiger partial charge in [0.15, 0.2) is 11.5 Å². The van der Waals surface area contributed by atoms with Crippen molar-refractivity contribution >= 4 is 23.5 Å². The van der Waals surface area contributed by atoms with Crippen LogP contribution in [0.3, 0.4) is 0 Å². The highest BCUT2D eigenvalue weighted by molar-refractivity contribution is 5.91. The number of hydrogen-bond donors (Lipinski definition) is 1. The SMILES string of the molecule is CCC(=O)Nc1ccc(C(=O)OC[C@H]2C[C@@H](c3ccc(OC(F)F)c(OCC4CC4)c3)CN2C(C)=O)nc1. The Morgan fingerprint density at radius 2 is 1.92 bits per heavy atom. The van der Waals surface area contributed by atoms with Gasteiger partial charge in [0, 0.05) is 25.8 Å². The number of anilines is 1. The minimum Gasteiger partial charge on any atom is -0.489 e. The summed E-state index contributed by atoms with van der Waals surface area (Å²) in [7, 11) is 0. The molecule has 1 aromatic heterocycles. The average molecular weight is 532 g/mol. The third kappa shape index (κ3) is 7.17.